The van der Waals surface area contributed by atoms with Gasteiger partial charge in [0.25, 0.3) is 0 Å². The highest BCUT2D eigenvalue weighted by molar-refractivity contribution is 6.33. The third-order valence-electron chi connectivity index (χ3n) is 2.44. The molecule has 0 saturated carbocycles. The van der Waals surface area contributed by atoms with E-state index in [2.05, 4.69) is 0 Å². The number of aliphatic hydroxyl groups is 1. The number of aldehydes is 1. The summed E-state index contributed by atoms with van der Waals surface area (Å²) in [5, 5.41) is 9.28. The lowest BCUT2D eigenvalue weighted by atomic mass is 10.2. The van der Waals surface area contributed by atoms with Crippen molar-refractivity contribution in [3.05, 3.63) is 58.6 Å². The van der Waals surface area contributed by atoms with Crippen molar-refractivity contribution in [3.8, 4) is 11.5 Å². The van der Waals surface area contributed by atoms with Crippen LogP contribution in [0.4, 0.5) is 0 Å². The van der Waals surface area contributed by atoms with Gasteiger partial charge in [0.1, 0.15) is 11.5 Å². The van der Waals surface area contributed by atoms with Crippen LogP contribution in [0.15, 0.2) is 42.5 Å². The Balaban J connectivity index is 2.17. The minimum Gasteiger partial charge on any atom is -0.457 e. The molecule has 3 nitrogen and oxygen atoms in total. The van der Waals surface area contributed by atoms with Crippen LogP contribution < -0.4 is 4.74 Å². The normalized spacial score (nSPS) is 10.1. The topological polar surface area (TPSA) is 46.5 Å². The molecule has 0 aliphatic heterocycles. The molecule has 0 aliphatic carbocycles. The van der Waals surface area contributed by atoms with E-state index in [-0.39, 0.29) is 6.61 Å². The molecule has 4 heteroatoms. The fourth-order valence-corrected chi connectivity index (χ4v) is 1.68. The zero-order valence-electron chi connectivity index (χ0n) is 9.47. The van der Waals surface area contributed by atoms with Crippen molar-refractivity contribution in [2.75, 3.05) is 0 Å². The maximum atomic E-state index is 10.6. The van der Waals surface area contributed by atoms with E-state index in [1.807, 2.05) is 0 Å². The predicted molar refractivity (Wildman–Crippen MR) is 69.3 cm³/mol. The first-order valence-electron chi connectivity index (χ1n) is 5.35. The molecule has 2 aromatic rings. The van der Waals surface area contributed by atoms with Crippen molar-refractivity contribution in [3.63, 3.8) is 0 Å². The fraction of sp³-hybridized carbons (Fsp3) is 0.0714. The van der Waals surface area contributed by atoms with Crippen LogP contribution in [0, 0.1) is 0 Å². The van der Waals surface area contributed by atoms with E-state index in [1.54, 1.807) is 42.5 Å². The monoisotopic (exact) mass is 262 g/mol. The summed E-state index contributed by atoms with van der Waals surface area (Å²) in [5.74, 6) is 1.20. The average molecular weight is 263 g/mol. The summed E-state index contributed by atoms with van der Waals surface area (Å²) in [5.41, 5.74) is 1.25. The van der Waals surface area contributed by atoms with Gasteiger partial charge in [0.2, 0.25) is 0 Å². The van der Waals surface area contributed by atoms with Gasteiger partial charge in [-0.05, 0) is 29.8 Å². The first kappa shape index (κ1) is 12.6. The Morgan fingerprint density at radius 1 is 1.11 bits per heavy atom. The molecule has 0 saturated heterocycles. The van der Waals surface area contributed by atoms with Gasteiger partial charge in [-0.15, -0.1) is 0 Å². The molecule has 0 fully saturated rings. The van der Waals surface area contributed by atoms with Crippen molar-refractivity contribution in [2.45, 2.75) is 6.61 Å². The Bertz CT molecular complexity index is 549. The smallest absolute Gasteiger partial charge is 0.151 e. The number of ether oxygens (including phenoxy) is 1. The van der Waals surface area contributed by atoms with Crippen molar-refractivity contribution in [1.82, 2.24) is 0 Å². The lowest BCUT2D eigenvalue weighted by Crippen LogP contribution is -1.88. The van der Waals surface area contributed by atoms with E-state index in [1.165, 1.54) is 0 Å². The van der Waals surface area contributed by atoms with Gasteiger partial charge >= 0.3 is 0 Å². The van der Waals surface area contributed by atoms with Gasteiger partial charge in [-0.1, -0.05) is 23.7 Å². The van der Waals surface area contributed by atoms with Gasteiger partial charge < -0.3 is 9.84 Å². The molecule has 0 heterocycles. The fourth-order valence-electron chi connectivity index (χ4n) is 1.47. The molecule has 0 atom stereocenters. The lowest BCUT2D eigenvalue weighted by Gasteiger charge is -2.07. The molecule has 2 aromatic carbocycles. The maximum absolute atomic E-state index is 10.6. The highest BCUT2D eigenvalue weighted by Gasteiger charge is 2.03. The molecule has 18 heavy (non-hydrogen) atoms. The summed E-state index contributed by atoms with van der Waals surface area (Å²) in [6, 6.07) is 11.9. The van der Waals surface area contributed by atoms with Crippen molar-refractivity contribution in [1.29, 1.82) is 0 Å². The molecule has 0 amide bonds. The number of carbonyl (C=O) groups excluding carboxylic acids is 1. The summed E-state index contributed by atoms with van der Waals surface area (Å²) in [7, 11) is 0. The molecule has 0 radical (unpaired) electrons. The molecule has 1 N–H and O–H groups in total. The van der Waals surface area contributed by atoms with Crippen molar-refractivity contribution in [2.24, 2.45) is 0 Å². The summed E-state index contributed by atoms with van der Waals surface area (Å²) in [4.78, 5) is 10.6. The minimum absolute atomic E-state index is 0.000139. The molecule has 2 rings (SSSR count). The standard InChI is InChI=1S/C14H11ClO3/c15-14-7-13(6-3-11(14)9-17)18-12-4-1-10(8-16)2-5-12/h1-7,9,16H,8H2. The van der Waals surface area contributed by atoms with Crippen LogP contribution in [0.25, 0.3) is 0 Å². The van der Waals surface area contributed by atoms with Crippen LogP contribution in [-0.4, -0.2) is 11.4 Å². The Morgan fingerprint density at radius 3 is 2.33 bits per heavy atom. The second kappa shape index (κ2) is 5.67. The Hall–Kier alpha value is -1.84. The largest absolute Gasteiger partial charge is 0.457 e. The van der Waals surface area contributed by atoms with Gasteiger partial charge in [-0.3, -0.25) is 4.79 Å². The number of hydrogen-bond donors (Lipinski definition) is 1. The molecule has 0 aromatic heterocycles. The van der Waals surface area contributed by atoms with E-state index >= 15 is 0 Å². The predicted octanol–water partition coefficient (Wildman–Crippen LogP) is 3.44. The van der Waals surface area contributed by atoms with Gasteiger partial charge in [0, 0.05) is 11.6 Å². The summed E-state index contributed by atoms with van der Waals surface area (Å²) in [6.45, 7) is 0.000139. The lowest BCUT2D eigenvalue weighted by molar-refractivity contribution is 0.112. The van der Waals surface area contributed by atoms with Gasteiger partial charge in [0.15, 0.2) is 6.29 Å². The number of hydrogen-bond acceptors (Lipinski definition) is 3. The van der Waals surface area contributed by atoms with Crippen LogP contribution in [0.5, 0.6) is 11.5 Å². The van der Waals surface area contributed by atoms with Crippen LogP contribution >= 0.6 is 11.6 Å². The highest BCUT2D eigenvalue weighted by Crippen LogP contribution is 2.26. The minimum atomic E-state index is 0.000139. The zero-order chi connectivity index (χ0) is 13.0. The Labute approximate surface area is 110 Å². The third kappa shape index (κ3) is 2.88. The highest BCUT2D eigenvalue weighted by atomic mass is 35.5. The first-order valence-corrected chi connectivity index (χ1v) is 5.73. The molecule has 0 spiro atoms. The number of rotatable bonds is 4. The molecular weight excluding hydrogens is 252 g/mol. The number of halogens is 1. The molecule has 0 unspecified atom stereocenters. The van der Waals surface area contributed by atoms with E-state index in [9.17, 15) is 4.79 Å². The summed E-state index contributed by atoms with van der Waals surface area (Å²) in [6.07, 6.45) is 0.697. The Morgan fingerprint density at radius 2 is 1.78 bits per heavy atom. The number of carbonyl (C=O) groups is 1. The zero-order valence-corrected chi connectivity index (χ0v) is 10.2. The number of benzene rings is 2. The summed E-state index contributed by atoms with van der Waals surface area (Å²) < 4.78 is 5.58. The quantitative estimate of drug-likeness (QED) is 0.859. The van der Waals surface area contributed by atoms with Crippen molar-refractivity contribution >= 4 is 17.9 Å². The van der Waals surface area contributed by atoms with Gasteiger partial charge in [-0.2, -0.15) is 0 Å². The third-order valence-corrected chi connectivity index (χ3v) is 2.77. The Kier molecular flexibility index (Phi) is 3.97. The van der Waals surface area contributed by atoms with Crippen molar-refractivity contribution < 1.29 is 14.6 Å². The second-order valence-electron chi connectivity index (χ2n) is 3.71. The molecule has 92 valence electrons. The van der Waals surface area contributed by atoms with E-state index in [0.717, 1.165) is 5.56 Å². The van der Waals surface area contributed by atoms with Gasteiger partial charge in [-0.25, -0.2) is 0 Å². The number of aliphatic hydroxyl groups excluding tert-OH is 1. The first-order chi connectivity index (χ1) is 8.72. The van der Waals surface area contributed by atoms with Gasteiger partial charge in [0.05, 0.1) is 11.6 Å². The maximum Gasteiger partial charge on any atom is 0.151 e. The van der Waals surface area contributed by atoms with E-state index in [4.69, 9.17) is 21.4 Å². The van der Waals surface area contributed by atoms with Crippen LogP contribution in [-0.2, 0) is 6.61 Å². The van der Waals surface area contributed by atoms with Crippen LogP contribution in [0.2, 0.25) is 5.02 Å². The molecule has 0 bridgehead atoms. The van der Waals surface area contributed by atoms with E-state index < -0.39 is 0 Å². The SMILES string of the molecule is O=Cc1ccc(Oc2ccc(CO)cc2)cc1Cl. The summed E-state index contributed by atoms with van der Waals surface area (Å²) >= 11 is 5.90. The second-order valence-corrected chi connectivity index (χ2v) is 4.11. The van der Waals surface area contributed by atoms with Crippen LogP contribution in [0.3, 0.4) is 0 Å². The molecule has 0 aliphatic rings. The average Bonchev–Trinajstić information content (AvgIpc) is 2.40. The van der Waals surface area contributed by atoms with Crippen LogP contribution in [0.1, 0.15) is 15.9 Å². The molecular formula is C14H11ClO3. The van der Waals surface area contributed by atoms with E-state index in [0.29, 0.717) is 28.4 Å².